The van der Waals surface area contributed by atoms with Crippen molar-refractivity contribution in [2.75, 3.05) is 25.4 Å². The van der Waals surface area contributed by atoms with Gasteiger partial charge in [0.15, 0.2) is 0 Å². The largest absolute Gasteiger partial charge is 0.387 e. The SMILES string of the molecule is CC(C)C1(O)CN(CCSc2ccccc2)C1. The van der Waals surface area contributed by atoms with Crippen molar-refractivity contribution in [3.63, 3.8) is 0 Å². The topological polar surface area (TPSA) is 23.5 Å². The molecule has 17 heavy (non-hydrogen) atoms. The van der Waals surface area contributed by atoms with E-state index in [0.717, 1.165) is 25.4 Å². The first-order valence-corrected chi connectivity index (χ1v) is 7.21. The lowest BCUT2D eigenvalue weighted by molar-refractivity contribution is -0.125. The Morgan fingerprint density at radius 3 is 2.53 bits per heavy atom. The Bertz CT molecular complexity index is 346. The van der Waals surface area contributed by atoms with Crippen molar-refractivity contribution in [2.45, 2.75) is 24.3 Å². The fourth-order valence-electron chi connectivity index (χ4n) is 2.06. The number of nitrogens with zero attached hydrogens (tertiary/aromatic N) is 1. The number of β-amino-alcohol motifs (C(OH)–C–C–N with tert-alkyl or cyclic N) is 1. The van der Waals surface area contributed by atoms with Gasteiger partial charge in [0.25, 0.3) is 0 Å². The molecule has 0 radical (unpaired) electrons. The van der Waals surface area contributed by atoms with Gasteiger partial charge in [-0.3, -0.25) is 4.90 Å². The van der Waals surface area contributed by atoms with Crippen LogP contribution in [0.1, 0.15) is 13.8 Å². The lowest BCUT2D eigenvalue weighted by atomic mass is 9.83. The maximum absolute atomic E-state index is 10.1. The minimum absolute atomic E-state index is 0.362. The lowest BCUT2D eigenvalue weighted by Crippen LogP contribution is -2.64. The van der Waals surface area contributed by atoms with Crippen molar-refractivity contribution in [3.05, 3.63) is 30.3 Å². The zero-order chi connectivity index (χ0) is 12.3. The second kappa shape index (κ2) is 5.42. The highest BCUT2D eigenvalue weighted by Gasteiger charge is 2.42. The molecule has 0 spiro atoms. The van der Waals surface area contributed by atoms with Gasteiger partial charge in [-0.25, -0.2) is 0 Å². The van der Waals surface area contributed by atoms with E-state index in [2.05, 4.69) is 43.0 Å². The summed E-state index contributed by atoms with van der Waals surface area (Å²) in [5.74, 6) is 1.46. The van der Waals surface area contributed by atoms with Crippen molar-refractivity contribution >= 4 is 11.8 Å². The Balaban J connectivity index is 1.66. The van der Waals surface area contributed by atoms with Crippen LogP contribution in [0.5, 0.6) is 0 Å². The molecular weight excluding hydrogens is 230 g/mol. The molecule has 1 fully saturated rings. The van der Waals surface area contributed by atoms with E-state index in [-0.39, 0.29) is 0 Å². The molecule has 2 nitrogen and oxygen atoms in total. The summed E-state index contributed by atoms with van der Waals surface area (Å²) < 4.78 is 0. The summed E-state index contributed by atoms with van der Waals surface area (Å²) in [5.41, 5.74) is -0.433. The number of rotatable bonds is 5. The average Bonchev–Trinajstić information content (AvgIpc) is 2.27. The predicted molar refractivity (Wildman–Crippen MR) is 73.4 cm³/mol. The first-order valence-electron chi connectivity index (χ1n) is 6.23. The van der Waals surface area contributed by atoms with Gasteiger partial charge >= 0.3 is 0 Å². The van der Waals surface area contributed by atoms with Gasteiger partial charge in [-0.05, 0) is 18.1 Å². The van der Waals surface area contributed by atoms with E-state index >= 15 is 0 Å². The molecule has 1 aliphatic heterocycles. The Hall–Kier alpha value is -0.510. The molecule has 1 heterocycles. The zero-order valence-corrected chi connectivity index (χ0v) is 11.4. The van der Waals surface area contributed by atoms with Crippen LogP contribution in [-0.2, 0) is 0 Å². The highest BCUT2D eigenvalue weighted by molar-refractivity contribution is 7.99. The molecule has 1 saturated heterocycles. The molecule has 0 aromatic heterocycles. The van der Waals surface area contributed by atoms with E-state index < -0.39 is 5.60 Å². The van der Waals surface area contributed by atoms with E-state index in [4.69, 9.17) is 0 Å². The van der Waals surface area contributed by atoms with Gasteiger partial charge in [-0.1, -0.05) is 32.0 Å². The maximum Gasteiger partial charge on any atom is 0.0922 e. The summed E-state index contributed by atoms with van der Waals surface area (Å²) >= 11 is 1.88. The molecular formula is C14H21NOS. The van der Waals surface area contributed by atoms with E-state index in [1.54, 1.807) is 0 Å². The normalized spacial score (nSPS) is 19.3. The van der Waals surface area contributed by atoms with Gasteiger partial charge < -0.3 is 5.11 Å². The van der Waals surface area contributed by atoms with Gasteiger partial charge in [0, 0.05) is 30.3 Å². The fourth-order valence-corrected chi connectivity index (χ4v) is 3.00. The second-order valence-electron chi connectivity index (χ2n) is 5.13. The molecule has 0 bridgehead atoms. The first-order chi connectivity index (χ1) is 8.10. The monoisotopic (exact) mass is 251 g/mol. The Labute approximate surface area is 108 Å². The third-order valence-electron chi connectivity index (χ3n) is 3.49. The predicted octanol–water partition coefficient (Wildman–Crippen LogP) is 2.48. The smallest absolute Gasteiger partial charge is 0.0922 e. The van der Waals surface area contributed by atoms with Crippen molar-refractivity contribution in [1.29, 1.82) is 0 Å². The highest BCUT2D eigenvalue weighted by Crippen LogP contribution is 2.29. The third kappa shape index (κ3) is 3.24. The second-order valence-corrected chi connectivity index (χ2v) is 6.30. The number of aliphatic hydroxyl groups is 1. The van der Waals surface area contributed by atoms with Crippen molar-refractivity contribution < 1.29 is 5.11 Å². The summed E-state index contributed by atoms with van der Waals surface area (Å²) in [5, 5.41) is 10.1. The van der Waals surface area contributed by atoms with Crippen LogP contribution in [-0.4, -0.2) is 41.0 Å². The fraction of sp³-hybridized carbons (Fsp3) is 0.571. The summed E-state index contributed by atoms with van der Waals surface area (Å²) in [7, 11) is 0. The molecule has 0 atom stereocenters. The van der Waals surface area contributed by atoms with Crippen LogP contribution < -0.4 is 0 Å². The summed E-state index contributed by atoms with van der Waals surface area (Å²) in [6.07, 6.45) is 0. The summed E-state index contributed by atoms with van der Waals surface area (Å²) in [4.78, 5) is 3.66. The quantitative estimate of drug-likeness (QED) is 0.813. The number of likely N-dealkylation sites (tertiary alicyclic amines) is 1. The lowest BCUT2D eigenvalue weighted by Gasteiger charge is -2.49. The Kier molecular flexibility index (Phi) is 4.13. The Morgan fingerprint density at radius 2 is 1.94 bits per heavy atom. The zero-order valence-electron chi connectivity index (χ0n) is 10.6. The van der Waals surface area contributed by atoms with Crippen molar-refractivity contribution in [3.8, 4) is 0 Å². The number of hydrogen-bond donors (Lipinski definition) is 1. The van der Waals surface area contributed by atoms with E-state index in [1.165, 1.54) is 4.90 Å². The van der Waals surface area contributed by atoms with Gasteiger partial charge in [-0.2, -0.15) is 0 Å². The molecule has 3 heteroatoms. The van der Waals surface area contributed by atoms with Gasteiger partial charge in [-0.15, -0.1) is 11.8 Å². The minimum Gasteiger partial charge on any atom is -0.387 e. The minimum atomic E-state index is -0.433. The van der Waals surface area contributed by atoms with Crippen LogP contribution in [0.25, 0.3) is 0 Å². The highest BCUT2D eigenvalue weighted by atomic mass is 32.2. The van der Waals surface area contributed by atoms with Gasteiger partial charge in [0.05, 0.1) is 5.60 Å². The number of benzene rings is 1. The average molecular weight is 251 g/mol. The van der Waals surface area contributed by atoms with E-state index in [1.807, 2.05) is 17.8 Å². The van der Waals surface area contributed by atoms with Gasteiger partial charge in [0.2, 0.25) is 0 Å². The maximum atomic E-state index is 10.1. The van der Waals surface area contributed by atoms with Gasteiger partial charge in [0.1, 0.15) is 0 Å². The van der Waals surface area contributed by atoms with E-state index in [0.29, 0.717) is 5.92 Å². The van der Waals surface area contributed by atoms with Crippen molar-refractivity contribution in [2.24, 2.45) is 5.92 Å². The van der Waals surface area contributed by atoms with Crippen LogP contribution in [0.3, 0.4) is 0 Å². The van der Waals surface area contributed by atoms with E-state index in [9.17, 15) is 5.11 Å². The van der Waals surface area contributed by atoms with Crippen LogP contribution in [0.4, 0.5) is 0 Å². The van der Waals surface area contributed by atoms with Crippen LogP contribution in [0.2, 0.25) is 0 Å². The standard InChI is InChI=1S/C14H21NOS/c1-12(2)14(16)10-15(11-14)8-9-17-13-6-4-3-5-7-13/h3-7,12,16H,8-11H2,1-2H3. The molecule has 0 saturated carbocycles. The number of hydrogen-bond acceptors (Lipinski definition) is 3. The molecule has 1 aromatic rings. The van der Waals surface area contributed by atoms with Crippen LogP contribution >= 0.6 is 11.8 Å². The molecule has 1 N–H and O–H groups in total. The number of thioether (sulfide) groups is 1. The molecule has 1 aliphatic rings. The molecule has 1 aromatic carbocycles. The molecule has 94 valence electrons. The summed E-state index contributed by atoms with van der Waals surface area (Å²) in [6, 6.07) is 10.5. The van der Waals surface area contributed by atoms with Crippen molar-refractivity contribution in [1.82, 2.24) is 4.90 Å². The summed E-state index contributed by atoms with van der Waals surface area (Å²) in [6.45, 7) is 6.92. The van der Waals surface area contributed by atoms with Crippen LogP contribution in [0, 0.1) is 5.92 Å². The van der Waals surface area contributed by atoms with Crippen LogP contribution in [0.15, 0.2) is 35.2 Å². The molecule has 0 aliphatic carbocycles. The molecule has 0 unspecified atom stereocenters. The molecule has 2 rings (SSSR count). The first kappa shape index (κ1) is 12.9. The molecule has 0 amide bonds. The Morgan fingerprint density at radius 1 is 1.29 bits per heavy atom. The third-order valence-corrected chi connectivity index (χ3v) is 4.48.